The summed E-state index contributed by atoms with van der Waals surface area (Å²) < 4.78 is 5.34. The second kappa shape index (κ2) is 11.2. The van der Waals surface area contributed by atoms with E-state index >= 15 is 0 Å². The number of imide groups is 1. The summed E-state index contributed by atoms with van der Waals surface area (Å²) in [6, 6.07) is 9.99. The summed E-state index contributed by atoms with van der Waals surface area (Å²) in [5.41, 5.74) is 0.339. The molecule has 2 amide bonds. The third-order valence-corrected chi connectivity index (χ3v) is 5.25. The molecule has 0 unspecified atom stereocenters. The Balaban J connectivity index is 1.77. The zero-order chi connectivity index (χ0) is 26.5. The molecule has 1 aliphatic heterocycles. The maximum Gasteiger partial charge on any atom is 0.307 e. The van der Waals surface area contributed by atoms with E-state index in [1.165, 1.54) is 30.3 Å². The van der Waals surface area contributed by atoms with Crippen LogP contribution in [0.4, 0.5) is 5.69 Å². The van der Waals surface area contributed by atoms with Gasteiger partial charge < -0.3 is 14.8 Å². The normalized spacial score (nSPS) is 13.8. The van der Waals surface area contributed by atoms with Crippen LogP contribution < -0.4 is 5.23 Å². The van der Waals surface area contributed by atoms with E-state index in [4.69, 9.17) is 9.57 Å². The molecule has 1 heterocycles. The fraction of sp³-hybridized carbons (Fsp3) is 0.333. The Morgan fingerprint density at radius 1 is 1.17 bits per heavy atom. The predicted octanol–water partition coefficient (Wildman–Crippen LogP) is 2.10. The first kappa shape index (κ1) is 26.7. The molecule has 1 atom stereocenters. The Kier molecular flexibility index (Phi) is 8.33. The van der Waals surface area contributed by atoms with Gasteiger partial charge in [-0.25, -0.2) is 0 Å². The predicted molar refractivity (Wildman–Crippen MR) is 130 cm³/mol. The molecule has 0 radical (unpaired) electrons. The fourth-order valence-corrected chi connectivity index (χ4v) is 3.77. The van der Waals surface area contributed by atoms with E-state index in [2.05, 4.69) is 5.23 Å². The summed E-state index contributed by atoms with van der Waals surface area (Å²) in [5, 5.41) is 15.2. The van der Waals surface area contributed by atoms with Gasteiger partial charge in [0, 0.05) is 17.7 Å². The van der Waals surface area contributed by atoms with E-state index < -0.39 is 34.3 Å². The van der Waals surface area contributed by atoms with Gasteiger partial charge in [0.2, 0.25) is 0 Å². The van der Waals surface area contributed by atoms with Crippen molar-refractivity contribution in [2.75, 3.05) is 0 Å². The number of nitro groups is 1. The van der Waals surface area contributed by atoms with Crippen molar-refractivity contribution in [1.29, 1.82) is 0 Å². The maximum absolute atomic E-state index is 12.5. The SMILES string of the molecule is CC(C)(C)OC(=O)C[C@H](Cc1cc(CON2C(=O)c3ccccc3C2=O)ccc1[N+](=O)[O-])NBC=O. The molecule has 0 aromatic heterocycles. The minimum Gasteiger partial charge on any atom is -0.460 e. The molecule has 3 rings (SSSR count). The van der Waals surface area contributed by atoms with Gasteiger partial charge in [0.25, 0.3) is 24.9 Å². The number of carbonyl (C=O) groups excluding carboxylic acids is 4. The van der Waals surface area contributed by atoms with Crippen LogP contribution in [0.1, 0.15) is 59.0 Å². The van der Waals surface area contributed by atoms with Crippen molar-refractivity contribution in [3.8, 4) is 0 Å². The van der Waals surface area contributed by atoms with Gasteiger partial charge in [0.05, 0.1) is 28.7 Å². The third kappa shape index (κ3) is 6.61. The van der Waals surface area contributed by atoms with Crippen LogP contribution in [-0.2, 0) is 32.2 Å². The first-order chi connectivity index (χ1) is 17.0. The number of benzene rings is 2. The van der Waals surface area contributed by atoms with E-state index in [-0.39, 0.29) is 49.2 Å². The van der Waals surface area contributed by atoms with E-state index in [1.807, 2.05) is 0 Å². The molecular weight excluding hydrogens is 469 g/mol. The number of rotatable bonds is 11. The second-order valence-electron chi connectivity index (χ2n) is 9.21. The smallest absolute Gasteiger partial charge is 0.307 e. The average molecular weight is 495 g/mol. The van der Waals surface area contributed by atoms with Gasteiger partial charge in [-0.1, -0.05) is 12.1 Å². The Bertz CT molecular complexity index is 1160. The van der Waals surface area contributed by atoms with Crippen molar-refractivity contribution in [2.24, 2.45) is 0 Å². The molecule has 12 heteroatoms. The number of nitrogens with zero attached hydrogens (tertiary/aromatic N) is 2. The van der Waals surface area contributed by atoms with Crippen molar-refractivity contribution in [1.82, 2.24) is 10.3 Å². The monoisotopic (exact) mass is 495 g/mol. The van der Waals surface area contributed by atoms with E-state index in [0.29, 0.717) is 16.8 Å². The van der Waals surface area contributed by atoms with Gasteiger partial charge in [0.1, 0.15) is 12.2 Å². The van der Waals surface area contributed by atoms with Crippen molar-refractivity contribution >= 4 is 37.1 Å². The standard InChI is InChI=1S/C24H26BN3O8/c1-24(2,3)36-21(30)12-17(26-25-14-29)11-16-10-15(8-9-20(16)28(33)34)13-35-27-22(31)18-6-4-5-7-19(18)23(27)32/h4-10,14,17,25-26H,11-13H2,1-3H3/t17-/m0/s1. The van der Waals surface area contributed by atoms with E-state index in [1.54, 1.807) is 32.9 Å². The number of esters is 1. The van der Waals surface area contributed by atoms with Crippen molar-refractivity contribution < 1.29 is 33.7 Å². The first-order valence-electron chi connectivity index (χ1n) is 11.3. The van der Waals surface area contributed by atoms with Crippen LogP contribution in [0.3, 0.4) is 0 Å². The topological polar surface area (TPSA) is 145 Å². The number of hydrogen-bond donors (Lipinski definition) is 1. The number of ether oxygens (including phenoxy) is 1. The highest BCUT2D eigenvalue weighted by Gasteiger charge is 2.36. The van der Waals surface area contributed by atoms with Gasteiger partial charge in [0.15, 0.2) is 0 Å². The molecular formula is C24H26BN3O8. The molecule has 11 nitrogen and oxygen atoms in total. The Hall–Kier alpha value is -3.90. The molecule has 2 aromatic rings. The van der Waals surface area contributed by atoms with Gasteiger partial charge in [-0.15, -0.1) is 5.06 Å². The molecule has 1 N–H and O–H groups in total. The zero-order valence-electron chi connectivity index (χ0n) is 20.2. The molecule has 0 bridgehead atoms. The second-order valence-corrected chi connectivity index (χ2v) is 9.21. The number of carbonyl (C=O) groups is 4. The number of nitrogens with one attached hydrogen (secondary N) is 1. The molecule has 36 heavy (non-hydrogen) atoms. The Morgan fingerprint density at radius 2 is 1.81 bits per heavy atom. The quantitative estimate of drug-likeness (QED) is 0.124. The summed E-state index contributed by atoms with van der Waals surface area (Å²) in [6.07, 6.45) is 0.561. The van der Waals surface area contributed by atoms with Crippen LogP contribution in [0, 0.1) is 10.1 Å². The molecule has 0 saturated carbocycles. The highest BCUT2D eigenvalue weighted by atomic mass is 16.7. The minimum absolute atomic E-state index is 0.0459. The molecule has 0 saturated heterocycles. The highest BCUT2D eigenvalue weighted by molar-refractivity contribution is 6.64. The molecule has 0 spiro atoms. The van der Waals surface area contributed by atoms with Gasteiger partial charge in [-0.3, -0.25) is 29.3 Å². The highest BCUT2D eigenvalue weighted by Crippen LogP contribution is 2.26. The lowest BCUT2D eigenvalue weighted by molar-refractivity contribution is -0.385. The van der Waals surface area contributed by atoms with Crippen molar-refractivity contribution in [3.05, 3.63) is 74.8 Å². The summed E-state index contributed by atoms with van der Waals surface area (Å²) in [7, 11) is -0.0518. The zero-order valence-corrected chi connectivity index (χ0v) is 20.2. The van der Waals surface area contributed by atoms with Crippen molar-refractivity contribution in [2.45, 2.75) is 51.9 Å². The van der Waals surface area contributed by atoms with Crippen LogP contribution in [0.2, 0.25) is 0 Å². The Labute approximate surface area is 208 Å². The summed E-state index contributed by atoms with van der Waals surface area (Å²) in [4.78, 5) is 64.8. The third-order valence-electron chi connectivity index (χ3n) is 5.25. The molecule has 0 aliphatic carbocycles. The average Bonchev–Trinajstić information content (AvgIpc) is 3.04. The number of fused-ring (bicyclic) bond motifs is 1. The number of hydrogen-bond acceptors (Lipinski definition) is 9. The lowest BCUT2D eigenvalue weighted by Gasteiger charge is -2.23. The van der Waals surface area contributed by atoms with E-state index in [9.17, 15) is 29.3 Å². The van der Waals surface area contributed by atoms with Crippen LogP contribution in [0.5, 0.6) is 0 Å². The van der Waals surface area contributed by atoms with Gasteiger partial charge in [-0.05, 0) is 57.0 Å². The maximum atomic E-state index is 12.5. The molecule has 188 valence electrons. The molecule has 1 aliphatic rings. The van der Waals surface area contributed by atoms with Crippen LogP contribution in [-0.4, -0.2) is 53.0 Å². The lowest BCUT2D eigenvalue weighted by atomic mass is 9.92. The van der Waals surface area contributed by atoms with Gasteiger partial charge in [-0.2, -0.15) is 0 Å². The summed E-state index contributed by atoms with van der Waals surface area (Å²) in [6.45, 7) is 4.97. The molecule has 2 aromatic carbocycles. The van der Waals surface area contributed by atoms with Crippen LogP contribution in [0.15, 0.2) is 42.5 Å². The van der Waals surface area contributed by atoms with E-state index in [0.717, 1.165) is 0 Å². The minimum atomic E-state index is -0.709. The van der Waals surface area contributed by atoms with Gasteiger partial charge >= 0.3 is 5.97 Å². The van der Waals surface area contributed by atoms with Crippen LogP contribution in [0.25, 0.3) is 0 Å². The summed E-state index contributed by atoms with van der Waals surface area (Å²) in [5.74, 6) is -1.69. The number of nitro benzene ring substituents is 1. The lowest BCUT2D eigenvalue weighted by Crippen LogP contribution is -2.38. The fourth-order valence-electron chi connectivity index (χ4n) is 3.77. The Morgan fingerprint density at radius 3 is 2.36 bits per heavy atom. The number of amides is 2. The number of hydroxylamine groups is 2. The van der Waals surface area contributed by atoms with Crippen molar-refractivity contribution in [3.63, 3.8) is 0 Å². The summed E-state index contributed by atoms with van der Waals surface area (Å²) >= 11 is 0. The first-order valence-corrected chi connectivity index (χ1v) is 11.3. The largest absolute Gasteiger partial charge is 0.460 e. The molecule has 0 fully saturated rings. The van der Waals surface area contributed by atoms with Crippen LogP contribution >= 0.6 is 0 Å².